The molecule has 0 aliphatic rings. The molecule has 5 heteroatoms. The van der Waals surface area contributed by atoms with Gasteiger partial charge in [-0.1, -0.05) is 54.1 Å². The topological polar surface area (TPSA) is 47.2 Å². The molecule has 0 radical (unpaired) electrons. The van der Waals surface area contributed by atoms with Crippen molar-refractivity contribution < 1.29 is 4.39 Å². The molecule has 0 atom stereocenters. The second kappa shape index (κ2) is 6.96. The van der Waals surface area contributed by atoms with Crippen LogP contribution in [0.25, 0.3) is 22.3 Å². The van der Waals surface area contributed by atoms with Crippen LogP contribution in [0.2, 0.25) is 0 Å². The van der Waals surface area contributed by atoms with Gasteiger partial charge in [-0.3, -0.25) is 4.79 Å². The number of aromatic nitrogens is 2. The maximum atomic E-state index is 14.4. The highest BCUT2D eigenvalue weighted by molar-refractivity contribution is 5.82. The van der Waals surface area contributed by atoms with E-state index < -0.39 is 5.82 Å². The first-order valence-electron chi connectivity index (χ1n) is 8.51. The lowest BCUT2D eigenvalue weighted by Gasteiger charge is -2.10. The van der Waals surface area contributed by atoms with Crippen LogP contribution >= 0.6 is 0 Å². The molecule has 0 saturated heterocycles. The summed E-state index contributed by atoms with van der Waals surface area (Å²) in [6.45, 7) is 1.99. The monoisotopic (exact) mass is 357 g/mol. The Labute approximate surface area is 155 Å². The molecular formula is C22H16FN3O. The molecule has 4 rings (SSSR count). The van der Waals surface area contributed by atoms with Crippen molar-refractivity contribution in [2.24, 2.45) is 5.10 Å². The van der Waals surface area contributed by atoms with Crippen molar-refractivity contribution in [2.75, 3.05) is 0 Å². The van der Waals surface area contributed by atoms with Crippen LogP contribution in [0.5, 0.6) is 0 Å². The molecule has 1 aromatic heterocycles. The Morgan fingerprint density at radius 2 is 1.67 bits per heavy atom. The van der Waals surface area contributed by atoms with Crippen molar-refractivity contribution in [1.82, 2.24) is 9.66 Å². The number of hydrogen-bond acceptors (Lipinski definition) is 3. The number of halogens is 1. The van der Waals surface area contributed by atoms with Crippen LogP contribution in [0.1, 0.15) is 11.1 Å². The van der Waals surface area contributed by atoms with Gasteiger partial charge in [-0.25, -0.2) is 9.37 Å². The van der Waals surface area contributed by atoms with Crippen molar-refractivity contribution in [2.45, 2.75) is 6.92 Å². The number of benzene rings is 3. The maximum Gasteiger partial charge on any atom is 0.282 e. The Balaban J connectivity index is 1.95. The zero-order valence-electron chi connectivity index (χ0n) is 14.6. The molecule has 0 aliphatic heterocycles. The van der Waals surface area contributed by atoms with E-state index in [9.17, 15) is 9.18 Å². The lowest BCUT2D eigenvalue weighted by Crippen LogP contribution is -2.20. The van der Waals surface area contributed by atoms with Crippen LogP contribution in [0.15, 0.2) is 82.7 Å². The van der Waals surface area contributed by atoms with Gasteiger partial charge >= 0.3 is 0 Å². The third-order valence-electron chi connectivity index (χ3n) is 4.27. The highest BCUT2D eigenvalue weighted by Crippen LogP contribution is 2.21. The van der Waals surface area contributed by atoms with E-state index in [1.807, 2.05) is 31.2 Å². The molecule has 1 heterocycles. The van der Waals surface area contributed by atoms with E-state index in [1.165, 1.54) is 6.07 Å². The first-order valence-corrected chi connectivity index (χ1v) is 8.51. The quantitative estimate of drug-likeness (QED) is 0.511. The summed E-state index contributed by atoms with van der Waals surface area (Å²) in [5, 5.41) is 4.75. The van der Waals surface area contributed by atoms with Gasteiger partial charge in [-0.15, -0.1) is 0 Å². The van der Waals surface area contributed by atoms with Gasteiger partial charge in [0.25, 0.3) is 5.56 Å². The van der Waals surface area contributed by atoms with Crippen LogP contribution in [0.3, 0.4) is 0 Å². The second-order valence-corrected chi connectivity index (χ2v) is 6.20. The molecule has 3 aromatic carbocycles. The Morgan fingerprint density at radius 3 is 2.44 bits per heavy atom. The predicted molar refractivity (Wildman–Crippen MR) is 106 cm³/mol. The molecule has 4 nitrogen and oxygen atoms in total. The summed E-state index contributed by atoms with van der Waals surface area (Å²) >= 11 is 0. The predicted octanol–water partition coefficient (Wildman–Crippen LogP) is 4.39. The number of nitrogens with zero attached hydrogens (tertiary/aromatic N) is 3. The second-order valence-electron chi connectivity index (χ2n) is 6.20. The number of hydrogen-bond donors (Lipinski definition) is 0. The lowest BCUT2D eigenvalue weighted by molar-refractivity contribution is 0.627. The fourth-order valence-electron chi connectivity index (χ4n) is 2.82. The van der Waals surface area contributed by atoms with Gasteiger partial charge in [-0.05, 0) is 36.8 Å². The normalized spacial score (nSPS) is 11.3. The van der Waals surface area contributed by atoms with E-state index in [2.05, 4.69) is 10.1 Å². The van der Waals surface area contributed by atoms with Gasteiger partial charge in [0.1, 0.15) is 5.82 Å². The van der Waals surface area contributed by atoms with Crippen LogP contribution in [-0.2, 0) is 0 Å². The number of para-hydroxylation sites is 1. The minimum absolute atomic E-state index is 0.167. The minimum Gasteiger partial charge on any atom is -0.267 e. The molecule has 4 aromatic rings. The molecular weight excluding hydrogens is 341 g/mol. The maximum absolute atomic E-state index is 14.4. The van der Waals surface area contributed by atoms with Gasteiger partial charge < -0.3 is 0 Å². The first-order chi connectivity index (χ1) is 13.1. The molecule has 0 spiro atoms. The van der Waals surface area contributed by atoms with Gasteiger partial charge in [-0.2, -0.15) is 9.78 Å². The summed E-state index contributed by atoms with van der Waals surface area (Å²) in [4.78, 5) is 17.5. The van der Waals surface area contributed by atoms with Crippen molar-refractivity contribution in [3.05, 3.63) is 100 Å². The molecule has 0 amide bonds. The first kappa shape index (κ1) is 16.8. The van der Waals surface area contributed by atoms with E-state index in [0.717, 1.165) is 15.8 Å². The summed E-state index contributed by atoms with van der Waals surface area (Å²) in [5.74, 6) is -0.292. The van der Waals surface area contributed by atoms with E-state index in [1.54, 1.807) is 48.7 Å². The molecule has 0 fully saturated rings. The van der Waals surface area contributed by atoms with Gasteiger partial charge in [0.2, 0.25) is 0 Å². The minimum atomic E-state index is -0.459. The number of fused-ring (bicyclic) bond motifs is 1. The number of rotatable bonds is 3. The van der Waals surface area contributed by atoms with E-state index in [0.29, 0.717) is 10.9 Å². The van der Waals surface area contributed by atoms with Crippen molar-refractivity contribution in [3.63, 3.8) is 0 Å². The van der Waals surface area contributed by atoms with Crippen LogP contribution in [0, 0.1) is 12.7 Å². The van der Waals surface area contributed by atoms with Crippen LogP contribution in [0.4, 0.5) is 4.39 Å². The van der Waals surface area contributed by atoms with Gasteiger partial charge in [0, 0.05) is 0 Å². The largest absolute Gasteiger partial charge is 0.282 e. The third kappa shape index (κ3) is 3.27. The summed E-state index contributed by atoms with van der Waals surface area (Å²) in [5.41, 5.74) is 2.34. The van der Waals surface area contributed by atoms with Gasteiger partial charge in [0.05, 0.1) is 22.7 Å². The van der Waals surface area contributed by atoms with E-state index in [-0.39, 0.29) is 16.9 Å². The molecule has 0 bridgehead atoms. The zero-order valence-corrected chi connectivity index (χ0v) is 14.6. The SMILES string of the molecule is Cc1ccc(C=Nn2c(-c3ccccc3F)nc3ccccc3c2=O)cc1. The van der Waals surface area contributed by atoms with Gasteiger partial charge in [0.15, 0.2) is 5.82 Å². The van der Waals surface area contributed by atoms with Crippen molar-refractivity contribution in [3.8, 4) is 11.4 Å². The summed E-state index contributed by atoms with van der Waals surface area (Å²) in [6, 6.07) is 20.9. The molecule has 27 heavy (non-hydrogen) atoms. The van der Waals surface area contributed by atoms with E-state index in [4.69, 9.17) is 0 Å². The average molecular weight is 357 g/mol. The summed E-state index contributed by atoms with van der Waals surface area (Å²) in [6.07, 6.45) is 1.57. The third-order valence-corrected chi connectivity index (χ3v) is 4.27. The highest BCUT2D eigenvalue weighted by atomic mass is 19.1. The molecule has 0 unspecified atom stereocenters. The Kier molecular flexibility index (Phi) is 4.34. The highest BCUT2D eigenvalue weighted by Gasteiger charge is 2.15. The molecule has 132 valence electrons. The fourth-order valence-corrected chi connectivity index (χ4v) is 2.82. The summed E-state index contributed by atoms with van der Waals surface area (Å²) in [7, 11) is 0. The smallest absolute Gasteiger partial charge is 0.267 e. The zero-order chi connectivity index (χ0) is 18.8. The molecule has 0 aliphatic carbocycles. The fraction of sp³-hybridized carbons (Fsp3) is 0.0455. The Hall–Kier alpha value is -3.60. The van der Waals surface area contributed by atoms with Crippen LogP contribution in [-0.4, -0.2) is 15.9 Å². The summed E-state index contributed by atoms with van der Waals surface area (Å²) < 4.78 is 15.5. The van der Waals surface area contributed by atoms with Crippen molar-refractivity contribution in [1.29, 1.82) is 0 Å². The van der Waals surface area contributed by atoms with E-state index >= 15 is 0 Å². The molecule has 0 saturated carbocycles. The van der Waals surface area contributed by atoms with Crippen LogP contribution < -0.4 is 5.56 Å². The standard InChI is InChI=1S/C22H16FN3O/c1-15-10-12-16(13-11-15)14-24-26-21(17-6-2-4-8-19(17)23)25-20-9-5-3-7-18(20)22(26)27/h2-14H,1H3. The lowest BCUT2D eigenvalue weighted by atomic mass is 10.1. The Morgan fingerprint density at radius 1 is 0.963 bits per heavy atom. The van der Waals surface area contributed by atoms with Crippen molar-refractivity contribution >= 4 is 17.1 Å². The molecule has 0 N–H and O–H groups in total. The Bertz CT molecular complexity index is 1210. The average Bonchev–Trinajstić information content (AvgIpc) is 2.69. The number of aryl methyl sites for hydroxylation is 1.